The molecule has 1 N–H and O–H groups in total. The number of halogens is 1. The fourth-order valence-corrected chi connectivity index (χ4v) is 2.78. The van der Waals surface area contributed by atoms with Crippen LogP contribution in [0.1, 0.15) is 18.1 Å². The average Bonchev–Trinajstić information content (AvgIpc) is 2.70. The minimum atomic E-state index is -0.582. The normalized spacial score (nSPS) is 11.2. The van der Waals surface area contributed by atoms with Crippen molar-refractivity contribution in [1.29, 1.82) is 5.26 Å². The van der Waals surface area contributed by atoms with Gasteiger partial charge in [0.2, 0.25) is 5.88 Å². The van der Waals surface area contributed by atoms with E-state index in [1.807, 2.05) is 19.1 Å². The third-order valence-electron chi connectivity index (χ3n) is 4.07. The number of carbonyl (C=O) groups excluding carboxylic acids is 1. The number of ether oxygens (including phenoxy) is 1. The van der Waals surface area contributed by atoms with E-state index >= 15 is 0 Å². The summed E-state index contributed by atoms with van der Waals surface area (Å²) in [5.74, 6) is -0.185. The molecule has 8 heteroatoms. The summed E-state index contributed by atoms with van der Waals surface area (Å²) in [6.45, 7) is 3.90. The Morgan fingerprint density at radius 1 is 1.34 bits per heavy atom. The van der Waals surface area contributed by atoms with Crippen molar-refractivity contribution >= 4 is 29.2 Å². The Hall–Kier alpha value is -3.63. The molecule has 2 heterocycles. The molecule has 0 bridgehead atoms. The fourth-order valence-electron chi connectivity index (χ4n) is 2.66. The Labute approximate surface area is 171 Å². The summed E-state index contributed by atoms with van der Waals surface area (Å²) in [7, 11) is 0. The predicted octanol–water partition coefficient (Wildman–Crippen LogP) is 3.49. The van der Waals surface area contributed by atoms with Crippen LogP contribution >= 0.6 is 11.6 Å². The number of rotatable bonds is 5. The molecule has 29 heavy (non-hydrogen) atoms. The van der Waals surface area contributed by atoms with E-state index in [1.54, 1.807) is 43.5 Å². The summed E-state index contributed by atoms with van der Waals surface area (Å²) < 4.78 is 7.17. The molecule has 7 nitrogen and oxygen atoms in total. The molecule has 0 aliphatic rings. The number of hydrogen-bond donors (Lipinski definition) is 1. The van der Waals surface area contributed by atoms with Gasteiger partial charge in [0.25, 0.3) is 11.5 Å². The van der Waals surface area contributed by atoms with Gasteiger partial charge in [-0.25, -0.2) is 0 Å². The molecule has 3 aromatic rings. The molecule has 0 saturated heterocycles. The molecule has 0 unspecified atom stereocenters. The van der Waals surface area contributed by atoms with Gasteiger partial charge < -0.3 is 10.1 Å². The predicted molar refractivity (Wildman–Crippen MR) is 110 cm³/mol. The number of nitrogens with zero attached hydrogens (tertiary/aromatic N) is 3. The lowest BCUT2D eigenvalue weighted by Crippen LogP contribution is -2.25. The summed E-state index contributed by atoms with van der Waals surface area (Å²) in [5.41, 5.74) is 0.491. The number of likely N-dealkylation sites (N-methyl/N-ethyl adjacent to an activating group) is 1. The van der Waals surface area contributed by atoms with E-state index in [0.717, 1.165) is 5.56 Å². The first-order chi connectivity index (χ1) is 13.9. The van der Waals surface area contributed by atoms with Gasteiger partial charge in [-0.1, -0.05) is 17.7 Å². The lowest BCUT2D eigenvalue weighted by Gasteiger charge is -2.11. The molecule has 0 aliphatic carbocycles. The molecular weight excluding hydrogens is 392 g/mol. The van der Waals surface area contributed by atoms with Crippen molar-refractivity contribution < 1.29 is 9.53 Å². The van der Waals surface area contributed by atoms with Crippen LogP contribution in [-0.2, 0) is 4.79 Å². The second kappa shape index (κ2) is 8.59. The Balaban J connectivity index is 2.24. The second-order valence-electron chi connectivity index (χ2n) is 6.11. The zero-order valence-electron chi connectivity index (χ0n) is 15.8. The van der Waals surface area contributed by atoms with Gasteiger partial charge in [0.05, 0.1) is 0 Å². The maximum atomic E-state index is 13.1. The molecule has 3 rings (SSSR count). The van der Waals surface area contributed by atoms with Crippen LogP contribution in [0.2, 0.25) is 5.02 Å². The van der Waals surface area contributed by atoms with Gasteiger partial charge in [-0.15, -0.1) is 0 Å². The van der Waals surface area contributed by atoms with Crippen molar-refractivity contribution in [2.24, 2.45) is 0 Å². The highest BCUT2D eigenvalue weighted by Gasteiger charge is 2.17. The topological polar surface area (TPSA) is 96.5 Å². The van der Waals surface area contributed by atoms with E-state index in [2.05, 4.69) is 10.3 Å². The monoisotopic (exact) mass is 408 g/mol. The number of amides is 1. The quantitative estimate of drug-likeness (QED) is 0.515. The number of pyridine rings is 1. The van der Waals surface area contributed by atoms with Crippen molar-refractivity contribution in [3.8, 4) is 17.7 Å². The van der Waals surface area contributed by atoms with Gasteiger partial charge in [-0.3, -0.25) is 14.0 Å². The van der Waals surface area contributed by atoms with Crippen LogP contribution in [-0.4, -0.2) is 21.8 Å². The standard InChI is InChI=1S/C21H17ClN4O3/c1-3-24-19(27)14(12-23)11-17-20(29-16-8-6-15(22)7-9-16)25-18-13(2)5-4-10-26(18)21(17)28/h4-11H,3H2,1-2H3,(H,24,27). The number of carbonyl (C=O) groups is 1. The highest BCUT2D eigenvalue weighted by Crippen LogP contribution is 2.25. The Morgan fingerprint density at radius 2 is 2.07 bits per heavy atom. The van der Waals surface area contributed by atoms with Crippen LogP contribution < -0.4 is 15.6 Å². The van der Waals surface area contributed by atoms with Crippen LogP contribution in [0.4, 0.5) is 0 Å². The van der Waals surface area contributed by atoms with Gasteiger partial charge >= 0.3 is 0 Å². The molecular formula is C21H17ClN4O3. The summed E-state index contributed by atoms with van der Waals surface area (Å²) >= 11 is 5.91. The van der Waals surface area contributed by atoms with Crippen LogP contribution in [0.25, 0.3) is 11.7 Å². The molecule has 0 saturated carbocycles. The number of fused-ring (bicyclic) bond motifs is 1. The van der Waals surface area contributed by atoms with Gasteiger partial charge in [0.1, 0.15) is 28.6 Å². The molecule has 0 radical (unpaired) electrons. The summed E-state index contributed by atoms with van der Waals surface area (Å²) in [6.07, 6.45) is 2.76. The van der Waals surface area contributed by atoms with Gasteiger partial charge in [-0.05, 0) is 55.8 Å². The van der Waals surface area contributed by atoms with Crippen LogP contribution in [0.5, 0.6) is 11.6 Å². The van der Waals surface area contributed by atoms with Gasteiger partial charge in [0, 0.05) is 17.8 Å². The molecule has 0 aliphatic heterocycles. The van der Waals surface area contributed by atoms with Crippen LogP contribution in [0.15, 0.2) is 53.0 Å². The lowest BCUT2D eigenvalue weighted by molar-refractivity contribution is -0.116. The number of aromatic nitrogens is 2. The molecule has 2 aromatic heterocycles. The van der Waals surface area contributed by atoms with Crippen molar-refractivity contribution in [3.63, 3.8) is 0 Å². The van der Waals surface area contributed by atoms with Crippen LogP contribution in [0.3, 0.4) is 0 Å². The van der Waals surface area contributed by atoms with E-state index in [4.69, 9.17) is 16.3 Å². The number of nitrogens with one attached hydrogen (secondary N) is 1. The number of hydrogen-bond acceptors (Lipinski definition) is 5. The zero-order chi connectivity index (χ0) is 21.0. The van der Waals surface area contributed by atoms with Gasteiger partial charge in [-0.2, -0.15) is 10.2 Å². The largest absolute Gasteiger partial charge is 0.438 e. The molecule has 0 spiro atoms. The average molecular weight is 409 g/mol. The molecule has 0 fully saturated rings. The van der Waals surface area contributed by atoms with E-state index in [0.29, 0.717) is 23.0 Å². The number of aryl methyl sites for hydroxylation is 1. The molecule has 1 amide bonds. The summed E-state index contributed by atoms with van der Waals surface area (Å²) in [4.78, 5) is 29.7. The highest BCUT2D eigenvalue weighted by atomic mass is 35.5. The Kier molecular flexibility index (Phi) is 5.96. The summed E-state index contributed by atoms with van der Waals surface area (Å²) in [6, 6.07) is 11.9. The number of benzene rings is 1. The van der Waals surface area contributed by atoms with E-state index in [9.17, 15) is 14.9 Å². The zero-order valence-corrected chi connectivity index (χ0v) is 16.5. The first kappa shape index (κ1) is 20.1. The maximum absolute atomic E-state index is 13.1. The van der Waals surface area contributed by atoms with Crippen molar-refractivity contribution in [1.82, 2.24) is 14.7 Å². The first-order valence-electron chi connectivity index (χ1n) is 8.80. The maximum Gasteiger partial charge on any atom is 0.269 e. The third kappa shape index (κ3) is 4.28. The fraction of sp³-hybridized carbons (Fsp3) is 0.143. The second-order valence-corrected chi connectivity index (χ2v) is 6.54. The highest BCUT2D eigenvalue weighted by molar-refractivity contribution is 6.30. The van der Waals surface area contributed by atoms with E-state index < -0.39 is 11.5 Å². The smallest absolute Gasteiger partial charge is 0.269 e. The molecule has 1 aromatic carbocycles. The van der Waals surface area contributed by atoms with Gasteiger partial charge in [0.15, 0.2) is 0 Å². The third-order valence-corrected chi connectivity index (χ3v) is 4.32. The minimum Gasteiger partial charge on any atom is -0.438 e. The Bertz CT molecular complexity index is 1210. The number of nitriles is 1. The van der Waals surface area contributed by atoms with E-state index in [1.165, 1.54) is 10.5 Å². The van der Waals surface area contributed by atoms with Crippen LogP contribution in [0, 0.1) is 18.3 Å². The minimum absolute atomic E-state index is 0.00847. The molecule has 146 valence electrons. The SMILES string of the molecule is CCNC(=O)C(C#N)=Cc1c(Oc2ccc(Cl)cc2)nc2c(C)cccn2c1=O. The van der Waals surface area contributed by atoms with Crippen molar-refractivity contribution in [2.45, 2.75) is 13.8 Å². The Morgan fingerprint density at radius 3 is 2.72 bits per heavy atom. The van der Waals surface area contributed by atoms with E-state index in [-0.39, 0.29) is 17.0 Å². The van der Waals surface area contributed by atoms with Crippen molar-refractivity contribution in [2.75, 3.05) is 6.54 Å². The van der Waals surface area contributed by atoms with Crippen molar-refractivity contribution in [3.05, 3.63) is 74.7 Å². The lowest BCUT2D eigenvalue weighted by atomic mass is 10.1. The summed E-state index contributed by atoms with van der Waals surface area (Å²) in [5, 5.41) is 12.5. The molecule has 0 atom stereocenters. The first-order valence-corrected chi connectivity index (χ1v) is 9.17.